The van der Waals surface area contributed by atoms with Crippen LogP contribution in [0.25, 0.3) is 10.2 Å². The molecule has 5 nitrogen and oxygen atoms in total. The summed E-state index contributed by atoms with van der Waals surface area (Å²) in [6, 6.07) is 16.2. The van der Waals surface area contributed by atoms with E-state index in [1.807, 2.05) is 44.2 Å². The standard InChI is InChI=1S/C24H19Cl2N3O2S2/c1-13-4-3-5-14(2)22(13)29-21(30)12-32-24-28-19-9-7-16(11-20(19)33-24)27-23(31)15-6-8-17(25)18(26)10-15/h3-11H,12H2,1-2H3,(H,27,31)(H,29,30). The number of amides is 2. The van der Waals surface area contributed by atoms with E-state index in [2.05, 4.69) is 15.6 Å². The van der Waals surface area contributed by atoms with E-state index in [9.17, 15) is 9.59 Å². The monoisotopic (exact) mass is 515 g/mol. The van der Waals surface area contributed by atoms with Gasteiger partial charge in [0, 0.05) is 16.9 Å². The number of para-hydroxylation sites is 1. The summed E-state index contributed by atoms with van der Waals surface area (Å²) in [5.41, 5.74) is 4.79. The topological polar surface area (TPSA) is 71.1 Å². The number of thiazole rings is 1. The molecular formula is C24H19Cl2N3O2S2. The number of aromatic nitrogens is 1. The number of carbonyl (C=O) groups is 2. The van der Waals surface area contributed by atoms with Crippen molar-refractivity contribution in [2.24, 2.45) is 0 Å². The first-order valence-corrected chi connectivity index (χ1v) is 12.5. The van der Waals surface area contributed by atoms with Crippen molar-refractivity contribution in [3.05, 3.63) is 81.3 Å². The maximum atomic E-state index is 12.5. The minimum Gasteiger partial charge on any atom is -0.325 e. The van der Waals surface area contributed by atoms with Crippen molar-refractivity contribution >= 4 is 79.7 Å². The number of rotatable bonds is 6. The summed E-state index contributed by atoms with van der Waals surface area (Å²) in [7, 11) is 0. The van der Waals surface area contributed by atoms with Gasteiger partial charge in [0.2, 0.25) is 5.91 Å². The van der Waals surface area contributed by atoms with E-state index in [1.165, 1.54) is 29.2 Å². The normalized spacial score (nSPS) is 10.9. The molecule has 4 aromatic rings. The Kier molecular flexibility index (Phi) is 7.24. The third-order valence-corrected chi connectivity index (χ3v) is 7.78. The molecule has 168 valence electrons. The zero-order valence-electron chi connectivity index (χ0n) is 17.7. The minimum atomic E-state index is -0.282. The van der Waals surface area contributed by atoms with Gasteiger partial charge in [0.05, 0.1) is 26.0 Å². The Labute approximate surface area is 209 Å². The van der Waals surface area contributed by atoms with E-state index in [0.717, 1.165) is 31.4 Å². The Morgan fingerprint density at radius 2 is 1.73 bits per heavy atom. The predicted molar refractivity (Wildman–Crippen MR) is 139 cm³/mol. The Balaban J connectivity index is 1.41. The molecule has 1 aromatic heterocycles. The lowest BCUT2D eigenvalue weighted by Gasteiger charge is -2.10. The number of hydrogen-bond donors (Lipinski definition) is 2. The first-order chi connectivity index (χ1) is 15.8. The highest BCUT2D eigenvalue weighted by atomic mass is 35.5. The van der Waals surface area contributed by atoms with Crippen LogP contribution >= 0.6 is 46.3 Å². The van der Waals surface area contributed by atoms with Crippen molar-refractivity contribution in [3.63, 3.8) is 0 Å². The van der Waals surface area contributed by atoms with E-state index in [4.69, 9.17) is 23.2 Å². The molecule has 0 fully saturated rings. The molecule has 0 saturated heterocycles. The second-order valence-corrected chi connectivity index (χ2v) is 10.4. The number of aryl methyl sites for hydroxylation is 2. The molecule has 0 aliphatic rings. The summed E-state index contributed by atoms with van der Waals surface area (Å²) in [6.07, 6.45) is 0. The van der Waals surface area contributed by atoms with Crippen LogP contribution in [0.1, 0.15) is 21.5 Å². The number of anilines is 2. The summed E-state index contributed by atoms with van der Waals surface area (Å²) in [5.74, 6) is -0.101. The van der Waals surface area contributed by atoms with Gasteiger partial charge in [0.1, 0.15) is 0 Å². The molecule has 0 bridgehead atoms. The van der Waals surface area contributed by atoms with E-state index in [0.29, 0.717) is 21.3 Å². The highest BCUT2D eigenvalue weighted by Gasteiger charge is 2.12. The molecule has 4 rings (SSSR count). The fourth-order valence-electron chi connectivity index (χ4n) is 3.20. The lowest BCUT2D eigenvalue weighted by atomic mass is 10.1. The van der Waals surface area contributed by atoms with Gasteiger partial charge in [-0.15, -0.1) is 11.3 Å². The number of thioether (sulfide) groups is 1. The molecule has 2 N–H and O–H groups in total. The fourth-order valence-corrected chi connectivity index (χ4v) is 5.40. The third-order valence-electron chi connectivity index (χ3n) is 4.88. The summed E-state index contributed by atoms with van der Waals surface area (Å²) >= 11 is 14.8. The largest absolute Gasteiger partial charge is 0.325 e. The van der Waals surface area contributed by atoms with E-state index in [1.54, 1.807) is 18.2 Å². The maximum Gasteiger partial charge on any atom is 0.255 e. The molecule has 3 aromatic carbocycles. The lowest BCUT2D eigenvalue weighted by Crippen LogP contribution is -2.15. The molecule has 0 spiro atoms. The molecule has 1 heterocycles. The zero-order chi connectivity index (χ0) is 23.5. The van der Waals surface area contributed by atoms with E-state index < -0.39 is 0 Å². The molecule has 0 aliphatic heterocycles. The van der Waals surface area contributed by atoms with Crippen molar-refractivity contribution in [2.45, 2.75) is 18.2 Å². The number of nitrogens with one attached hydrogen (secondary N) is 2. The molecule has 2 amide bonds. The molecule has 0 radical (unpaired) electrons. The van der Waals surface area contributed by atoms with Crippen LogP contribution in [0.3, 0.4) is 0 Å². The van der Waals surface area contributed by atoms with Gasteiger partial charge in [-0.1, -0.05) is 53.2 Å². The fraction of sp³-hybridized carbons (Fsp3) is 0.125. The number of fused-ring (bicyclic) bond motifs is 1. The van der Waals surface area contributed by atoms with Crippen LogP contribution in [0.15, 0.2) is 58.9 Å². The Hall–Kier alpha value is -2.58. The van der Waals surface area contributed by atoms with Crippen molar-refractivity contribution in [1.29, 1.82) is 0 Å². The first kappa shape index (κ1) is 23.6. The zero-order valence-corrected chi connectivity index (χ0v) is 20.9. The van der Waals surface area contributed by atoms with Crippen LogP contribution < -0.4 is 10.6 Å². The van der Waals surface area contributed by atoms with Crippen molar-refractivity contribution in [3.8, 4) is 0 Å². The summed E-state index contributed by atoms with van der Waals surface area (Å²) in [6.45, 7) is 3.95. The van der Waals surface area contributed by atoms with Crippen LogP contribution in [-0.2, 0) is 4.79 Å². The Morgan fingerprint density at radius 3 is 2.45 bits per heavy atom. The average Bonchev–Trinajstić information content (AvgIpc) is 3.19. The highest BCUT2D eigenvalue weighted by Crippen LogP contribution is 2.32. The molecule has 9 heteroatoms. The highest BCUT2D eigenvalue weighted by molar-refractivity contribution is 8.01. The molecule has 0 unspecified atom stereocenters. The SMILES string of the molecule is Cc1cccc(C)c1NC(=O)CSc1nc2ccc(NC(=O)c3ccc(Cl)c(Cl)c3)cc2s1. The van der Waals surface area contributed by atoms with Crippen LogP contribution in [0.4, 0.5) is 11.4 Å². The van der Waals surface area contributed by atoms with Gasteiger partial charge in [0.25, 0.3) is 5.91 Å². The molecular weight excluding hydrogens is 497 g/mol. The third kappa shape index (κ3) is 5.68. The van der Waals surface area contributed by atoms with E-state index in [-0.39, 0.29) is 17.6 Å². The van der Waals surface area contributed by atoms with Gasteiger partial charge in [-0.25, -0.2) is 4.98 Å². The smallest absolute Gasteiger partial charge is 0.255 e. The van der Waals surface area contributed by atoms with Gasteiger partial charge in [-0.3, -0.25) is 9.59 Å². The average molecular weight is 516 g/mol. The lowest BCUT2D eigenvalue weighted by molar-refractivity contribution is -0.113. The summed E-state index contributed by atoms with van der Waals surface area (Å²) in [5, 5.41) is 6.57. The molecule has 0 atom stereocenters. The number of hydrogen-bond acceptors (Lipinski definition) is 5. The van der Waals surface area contributed by atoms with Gasteiger partial charge in [0.15, 0.2) is 4.34 Å². The van der Waals surface area contributed by atoms with Gasteiger partial charge in [-0.2, -0.15) is 0 Å². The van der Waals surface area contributed by atoms with Crippen molar-refractivity contribution in [2.75, 3.05) is 16.4 Å². The number of nitrogens with zero attached hydrogens (tertiary/aromatic N) is 1. The Morgan fingerprint density at radius 1 is 0.970 bits per heavy atom. The predicted octanol–water partition coefficient (Wildman–Crippen LogP) is 7.20. The van der Waals surface area contributed by atoms with Crippen LogP contribution in [0.5, 0.6) is 0 Å². The minimum absolute atomic E-state index is 0.0776. The summed E-state index contributed by atoms with van der Waals surface area (Å²) < 4.78 is 1.70. The molecule has 33 heavy (non-hydrogen) atoms. The van der Waals surface area contributed by atoms with Gasteiger partial charge in [-0.05, 0) is 61.4 Å². The first-order valence-electron chi connectivity index (χ1n) is 9.96. The van der Waals surface area contributed by atoms with Crippen LogP contribution in [-0.4, -0.2) is 22.6 Å². The number of benzene rings is 3. The summed E-state index contributed by atoms with van der Waals surface area (Å²) in [4.78, 5) is 29.5. The quantitative estimate of drug-likeness (QED) is 0.266. The maximum absolute atomic E-state index is 12.5. The molecule has 0 aliphatic carbocycles. The van der Waals surface area contributed by atoms with Crippen LogP contribution in [0, 0.1) is 13.8 Å². The van der Waals surface area contributed by atoms with Crippen molar-refractivity contribution in [1.82, 2.24) is 4.98 Å². The second kappa shape index (κ2) is 10.1. The second-order valence-electron chi connectivity index (χ2n) is 7.35. The van der Waals surface area contributed by atoms with Gasteiger partial charge < -0.3 is 10.6 Å². The van der Waals surface area contributed by atoms with Gasteiger partial charge >= 0.3 is 0 Å². The van der Waals surface area contributed by atoms with Crippen molar-refractivity contribution < 1.29 is 9.59 Å². The Bertz CT molecular complexity index is 1350. The number of halogens is 2. The molecule has 0 saturated carbocycles. The number of carbonyl (C=O) groups excluding carboxylic acids is 2. The van der Waals surface area contributed by atoms with Crippen LogP contribution in [0.2, 0.25) is 10.0 Å². The van der Waals surface area contributed by atoms with E-state index >= 15 is 0 Å².